The minimum atomic E-state index is 0.543. The summed E-state index contributed by atoms with van der Waals surface area (Å²) in [5, 5.41) is 0. The standard InChI is InChI=1S/C21H38N2/c1-18(2)7-16-9-20(5,11-18)13-22(16)15-23-14-21(6)10-17(23)8-19(3,4)12-21/h16-17H,7-15H2,1-6H3. The zero-order chi connectivity index (χ0) is 16.7. The van der Waals surface area contributed by atoms with Gasteiger partial charge in [-0.2, -0.15) is 0 Å². The molecule has 0 aromatic carbocycles. The molecular weight excluding hydrogens is 280 g/mol. The fraction of sp³-hybridized carbons (Fsp3) is 1.00. The van der Waals surface area contributed by atoms with Crippen molar-refractivity contribution in [3.8, 4) is 0 Å². The van der Waals surface area contributed by atoms with Crippen molar-refractivity contribution in [2.45, 2.75) is 92.2 Å². The van der Waals surface area contributed by atoms with E-state index in [1.165, 1.54) is 58.3 Å². The summed E-state index contributed by atoms with van der Waals surface area (Å²) in [6.07, 6.45) is 8.53. The minimum Gasteiger partial charge on any atom is -0.287 e. The molecule has 4 aliphatic rings. The zero-order valence-electron chi connectivity index (χ0n) is 16.4. The molecule has 132 valence electrons. The van der Waals surface area contributed by atoms with Crippen LogP contribution in [0.1, 0.15) is 80.1 Å². The van der Waals surface area contributed by atoms with Crippen LogP contribution in [0.15, 0.2) is 0 Å². The van der Waals surface area contributed by atoms with Crippen molar-refractivity contribution in [2.75, 3.05) is 19.8 Å². The monoisotopic (exact) mass is 318 g/mol. The molecule has 2 nitrogen and oxygen atoms in total. The summed E-state index contributed by atoms with van der Waals surface area (Å²) < 4.78 is 0. The Labute approximate surface area is 144 Å². The van der Waals surface area contributed by atoms with Gasteiger partial charge in [0.1, 0.15) is 0 Å². The van der Waals surface area contributed by atoms with E-state index in [1.54, 1.807) is 0 Å². The molecular formula is C21H38N2. The van der Waals surface area contributed by atoms with Crippen LogP contribution in [0.5, 0.6) is 0 Å². The fourth-order valence-electron chi connectivity index (χ4n) is 7.72. The van der Waals surface area contributed by atoms with Crippen molar-refractivity contribution < 1.29 is 0 Å². The van der Waals surface area contributed by atoms with E-state index in [-0.39, 0.29) is 0 Å². The van der Waals surface area contributed by atoms with E-state index in [0.717, 1.165) is 12.1 Å². The highest BCUT2D eigenvalue weighted by molar-refractivity contribution is 5.05. The summed E-state index contributed by atoms with van der Waals surface area (Å²) >= 11 is 0. The average molecular weight is 319 g/mol. The SMILES string of the molecule is CC1(C)CC2CC(C)(CN2CN2CC3(C)CC2CC(C)(C)C3)C1. The van der Waals surface area contributed by atoms with Crippen LogP contribution in [0.25, 0.3) is 0 Å². The highest BCUT2D eigenvalue weighted by Crippen LogP contribution is 2.55. The van der Waals surface area contributed by atoms with Gasteiger partial charge in [0.15, 0.2) is 0 Å². The Morgan fingerprint density at radius 1 is 0.652 bits per heavy atom. The number of nitrogens with zero attached hydrogens (tertiary/aromatic N) is 2. The Balaban J connectivity index is 1.48. The normalized spacial score (nSPS) is 48.8. The summed E-state index contributed by atoms with van der Waals surface area (Å²) in [5.41, 5.74) is 2.23. The number of hydrogen-bond donors (Lipinski definition) is 0. The summed E-state index contributed by atoms with van der Waals surface area (Å²) in [4.78, 5) is 5.73. The van der Waals surface area contributed by atoms with Gasteiger partial charge in [0, 0.05) is 25.2 Å². The highest BCUT2D eigenvalue weighted by Gasteiger charge is 2.53. The van der Waals surface area contributed by atoms with Gasteiger partial charge in [-0.05, 0) is 60.2 Å². The topological polar surface area (TPSA) is 6.48 Å². The number of hydrogen-bond acceptors (Lipinski definition) is 2. The van der Waals surface area contributed by atoms with Crippen LogP contribution in [0.3, 0.4) is 0 Å². The van der Waals surface area contributed by atoms with Gasteiger partial charge in [0.2, 0.25) is 0 Å². The third kappa shape index (κ3) is 2.99. The molecule has 0 aromatic rings. The van der Waals surface area contributed by atoms with Crippen LogP contribution in [0, 0.1) is 21.7 Å². The van der Waals surface area contributed by atoms with Crippen molar-refractivity contribution in [3.05, 3.63) is 0 Å². The van der Waals surface area contributed by atoms with Gasteiger partial charge in [-0.1, -0.05) is 41.5 Å². The summed E-state index contributed by atoms with van der Waals surface area (Å²) in [5.74, 6) is 0. The summed E-state index contributed by atoms with van der Waals surface area (Å²) in [6.45, 7) is 19.0. The van der Waals surface area contributed by atoms with Crippen molar-refractivity contribution in [2.24, 2.45) is 21.7 Å². The molecule has 0 amide bonds. The quantitative estimate of drug-likeness (QED) is 0.725. The van der Waals surface area contributed by atoms with E-state index in [4.69, 9.17) is 0 Å². The second-order valence-electron chi connectivity index (χ2n) is 12.1. The Morgan fingerprint density at radius 2 is 1.04 bits per heavy atom. The van der Waals surface area contributed by atoms with Gasteiger partial charge in [0.25, 0.3) is 0 Å². The molecule has 0 radical (unpaired) electrons. The fourth-order valence-corrected chi connectivity index (χ4v) is 7.72. The van der Waals surface area contributed by atoms with Crippen LogP contribution in [-0.4, -0.2) is 41.6 Å². The van der Waals surface area contributed by atoms with Gasteiger partial charge in [-0.25, -0.2) is 0 Å². The summed E-state index contributed by atoms with van der Waals surface area (Å²) in [7, 11) is 0. The molecule has 23 heavy (non-hydrogen) atoms. The molecule has 4 rings (SSSR count). The lowest BCUT2D eigenvalue weighted by molar-refractivity contribution is 0.0807. The average Bonchev–Trinajstić information content (AvgIpc) is 2.67. The van der Waals surface area contributed by atoms with Gasteiger partial charge in [-0.3, -0.25) is 9.80 Å². The maximum Gasteiger partial charge on any atom is 0.0512 e. The lowest BCUT2D eigenvalue weighted by atomic mass is 9.65. The first-order valence-electron chi connectivity index (χ1n) is 9.95. The Bertz CT molecular complexity index is 452. The molecule has 2 saturated carbocycles. The lowest BCUT2D eigenvalue weighted by Gasteiger charge is -2.40. The molecule has 4 fully saturated rings. The zero-order valence-corrected chi connectivity index (χ0v) is 16.4. The maximum atomic E-state index is 2.87. The Morgan fingerprint density at radius 3 is 1.43 bits per heavy atom. The van der Waals surface area contributed by atoms with Crippen LogP contribution >= 0.6 is 0 Å². The Kier molecular flexibility index (Phi) is 3.39. The second-order valence-corrected chi connectivity index (χ2v) is 12.1. The number of rotatable bonds is 2. The summed E-state index contributed by atoms with van der Waals surface area (Å²) in [6, 6.07) is 1.68. The van der Waals surface area contributed by atoms with Gasteiger partial charge in [-0.15, -0.1) is 0 Å². The van der Waals surface area contributed by atoms with Crippen LogP contribution in [0.2, 0.25) is 0 Å². The second kappa shape index (κ2) is 4.75. The minimum absolute atomic E-state index is 0.543. The first kappa shape index (κ1) is 16.4. The van der Waals surface area contributed by atoms with Gasteiger partial charge in [0.05, 0.1) is 6.67 Å². The van der Waals surface area contributed by atoms with Crippen molar-refractivity contribution in [3.63, 3.8) is 0 Å². The van der Waals surface area contributed by atoms with E-state index in [2.05, 4.69) is 51.3 Å². The molecule has 2 heterocycles. The first-order valence-corrected chi connectivity index (χ1v) is 9.95. The molecule has 0 N–H and O–H groups in total. The molecule has 0 spiro atoms. The molecule has 4 atom stereocenters. The lowest BCUT2D eigenvalue weighted by Crippen LogP contribution is -2.44. The highest BCUT2D eigenvalue weighted by atomic mass is 15.4. The Hall–Kier alpha value is -0.0800. The van der Waals surface area contributed by atoms with Crippen molar-refractivity contribution in [1.29, 1.82) is 0 Å². The first-order chi connectivity index (χ1) is 10.5. The van der Waals surface area contributed by atoms with Crippen molar-refractivity contribution >= 4 is 0 Å². The number of likely N-dealkylation sites (tertiary alicyclic amines) is 2. The molecule has 4 unspecified atom stereocenters. The van der Waals surface area contributed by atoms with E-state index in [1.807, 2.05) is 0 Å². The molecule has 2 saturated heterocycles. The van der Waals surface area contributed by atoms with Crippen molar-refractivity contribution in [1.82, 2.24) is 9.80 Å². The largest absolute Gasteiger partial charge is 0.287 e. The molecule has 2 heteroatoms. The van der Waals surface area contributed by atoms with Crippen LogP contribution in [0.4, 0.5) is 0 Å². The van der Waals surface area contributed by atoms with Crippen LogP contribution in [-0.2, 0) is 0 Å². The molecule has 2 aliphatic carbocycles. The van der Waals surface area contributed by atoms with Gasteiger partial charge >= 0.3 is 0 Å². The van der Waals surface area contributed by atoms with E-state index >= 15 is 0 Å². The van der Waals surface area contributed by atoms with Crippen LogP contribution < -0.4 is 0 Å². The number of fused-ring (bicyclic) bond motifs is 4. The molecule has 0 aromatic heterocycles. The van der Waals surface area contributed by atoms with E-state index < -0.39 is 0 Å². The molecule has 4 bridgehead atoms. The van der Waals surface area contributed by atoms with Gasteiger partial charge < -0.3 is 0 Å². The third-order valence-electron chi connectivity index (χ3n) is 7.41. The maximum absolute atomic E-state index is 2.87. The molecule has 2 aliphatic heterocycles. The third-order valence-corrected chi connectivity index (χ3v) is 7.41. The predicted molar refractivity (Wildman–Crippen MR) is 97.3 cm³/mol. The van der Waals surface area contributed by atoms with E-state index in [9.17, 15) is 0 Å². The van der Waals surface area contributed by atoms with E-state index in [0.29, 0.717) is 21.7 Å². The smallest absolute Gasteiger partial charge is 0.0512 e. The predicted octanol–water partition coefficient (Wildman–Crippen LogP) is 4.75.